The molecule has 0 aliphatic heterocycles. The van der Waals surface area contributed by atoms with Crippen molar-refractivity contribution in [1.29, 1.82) is 0 Å². The molecule has 0 aromatic heterocycles. The van der Waals surface area contributed by atoms with Crippen LogP contribution in [0.3, 0.4) is 0 Å². The Balaban J connectivity index is 1.98. The molecule has 0 amide bonds. The smallest absolute Gasteiger partial charge is 0.120 e. The quantitative estimate of drug-likeness (QED) is 0.677. The van der Waals surface area contributed by atoms with E-state index in [-0.39, 0.29) is 0 Å². The van der Waals surface area contributed by atoms with Crippen molar-refractivity contribution in [2.75, 3.05) is 0 Å². The molecule has 0 aliphatic carbocycles. The van der Waals surface area contributed by atoms with E-state index >= 15 is 0 Å². The minimum atomic E-state index is 0.617. The van der Waals surface area contributed by atoms with E-state index in [1.54, 1.807) is 0 Å². The van der Waals surface area contributed by atoms with Gasteiger partial charge in [-0.05, 0) is 48.6 Å². The molecule has 0 fully saturated rings. The van der Waals surface area contributed by atoms with Gasteiger partial charge in [-0.25, -0.2) is 0 Å². The molecular weight excluding hydrogens is 232 g/mol. The van der Waals surface area contributed by atoms with Crippen LogP contribution in [-0.4, -0.2) is 0 Å². The summed E-state index contributed by atoms with van der Waals surface area (Å²) in [5.74, 6) is 0.934. The minimum Gasteiger partial charge on any atom is -0.489 e. The minimum absolute atomic E-state index is 0.617. The molecule has 0 bridgehead atoms. The van der Waals surface area contributed by atoms with Crippen LogP contribution in [0, 0.1) is 6.92 Å². The van der Waals surface area contributed by atoms with E-state index in [0.29, 0.717) is 6.61 Å². The maximum absolute atomic E-state index is 5.81. The Morgan fingerprint density at radius 2 is 1.89 bits per heavy atom. The van der Waals surface area contributed by atoms with Crippen molar-refractivity contribution in [2.45, 2.75) is 26.4 Å². The predicted octanol–water partition coefficient (Wildman–Crippen LogP) is 4.69. The molecule has 0 atom stereocenters. The van der Waals surface area contributed by atoms with Gasteiger partial charge in [-0.3, -0.25) is 0 Å². The maximum Gasteiger partial charge on any atom is 0.120 e. The van der Waals surface area contributed by atoms with E-state index in [9.17, 15) is 0 Å². The highest BCUT2D eigenvalue weighted by Gasteiger charge is 2.01. The molecule has 0 spiro atoms. The van der Waals surface area contributed by atoms with Gasteiger partial charge >= 0.3 is 0 Å². The Morgan fingerprint density at radius 3 is 2.58 bits per heavy atom. The highest BCUT2D eigenvalue weighted by atomic mass is 16.5. The van der Waals surface area contributed by atoms with Crippen LogP contribution in [0.15, 0.2) is 61.2 Å². The van der Waals surface area contributed by atoms with E-state index in [0.717, 1.165) is 18.6 Å². The highest BCUT2D eigenvalue weighted by Crippen LogP contribution is 2.19. The van der Waals surface area contributed by atoms with Gasteiger partial charge in [0.2, 0.25) is 0 Å². The molecule has 0 saturated carbocycles. The van der Waals surface area contributed by atoms with Crippen LogP contribution in [0.4, 0.5) is 0 Å². The molecule has 0 unspecified atom stereocenters. The average Bonchev–Trinajstić information content (AvgIpc) is 2.45. The molecule has 0 saturated heterocycles. The first-order chi connectivity index (χ1) is 9.29. The molecular formula is C18H20O. The van der Waals surface area contributed by atoms with Crippen LogP contribution in [0.2, 0.25) is 0 Å². The van der Waals surface area contributed by atoms with Crippen LogP contribution in [0.25, 0.3) is 0 Å². The van der Waals surface area contributed by atoms with Crippen LogP contribution in [0.1, 0.15) is 23.1 Å². The summed E-state index contributed by atoms with van der Waals surface area (Å²) in [5, 5.41) is 0. The SMILES string of the molecule is C=CCCc1ccc(OCc2ccccc2)cc1C. The van der Waals surface area contributed by atoms with Gasteiger partial charge in [-0.15, -0.1) is 6.58 Å². The van der Waals surface area contributed by atoms with Gasteiger partial charge in [0.1, 0.15) is 12.4 Å². The van der Waals surface area contributed by atoms with E-state index < -0.39 is 0 Å². The summed E-state index contributed by atoms with van der Waals surface area (Å²) in [4.78, 5) is 0. The summed E-state index contributed by atoms with van der Waals surface area (Å²) in [6.07, 6.45) is 4.03. The summed E-state index contributed by atoms with van der Waals surface area (Å²) < 4.78 is 5.81. The van der Waals surface area contributed by atoms with Crippen molar-refractivity contribution in [3.63, 3.8) is 0 Å². The normalized spacial score (nSPS) is 10.2. The number of hydrogen-bond acceptors (Lipinski definition) is 1. The Morgan fingerprint density at radius 1 is 1.11 bits per heavy atom. The lowest BCUT2D eigenvalue weighted by Gasteiger charge is -2.10. The molecule has 19 heavy (non-hydrogen) atoms. The molecule has 1 nitrogen and oxygen atoms in total. The lowest BCUT2D eigenvalue weighted by atomic mass is 10.0. The second kappa shape index (κ2) is 6.79. The predicted molar refractivity (Wildman–Crippen MR) is 80.5 cm³/mol. The summed E-state index contributed by atoms with van der Waals surface area (Å²) in [5.41, 5.74) is 3.84. The fraction of sp³-hybridized carbons (Fsp3) is 0.222. The maximum atomic E-state index is 5.81. The third-order valence-corrected chi connectivity index (χ3v) is 3.18. The molecule has 0 N–H and O–H groups in total. The van der Waals surface area contributed by atoms with Gasteiger partial charge < -0.3 is 4.74 Å². The van der Waals surface area contributed by atoms with Crippen LogP contribution in [0.5, 0.6) is 5.75 Å². The van der Waals surface area contributed by atoms with Gasteiger partial charge in [-0.1, -0.05) is 42.5 Å². The van der Waals surface area contributed by atoms with E-state index in [1.807, 2.05) is 30.3 Å². The summed E-state index contributed by atoms with van der Waals surface area (Å²) in [7, 11) is 0. The molecule has 0 heterocycles. The number of hydrogen-bond donors (Lipinski definition) is 0. The zero-order chi connectivity index (χ0) is 13.5. The van der Waals surface area contributed by atoms with Crippen LogP contribution in [-0.2, 0) is 13.0 Å². The fourth-order valence-electron chi connectivity index (χ4n) is 2.04. The summed E-state index contributed by atoms with van der Waals surface area (Å²) in [6, 6.07) is 16.5. The van der Waals surface area contributed by atoms with Gasteiger partial charge in [0, 0.05) is 0 Å². The fourth-order valence-corrected chi connectivity index (χ4v) is 2.04. The zero-order valence-electron chi connectivity index (χ0n) is 11.4. The van der Waals surface area contributed by atoms with E-state index in [1.165, 1.54) is 16.7 Å². The second-order valence-electron chi connectivity index (χ2n) is 4.69. The number of rotatable bonds is 6. The monoisotopic (exact) mass is 252 g/mol. The van der Waals surface area contributed by atoms with Gasteiger partial charge in [0.15, 0.2) is 0 Å². The van der Waals surface area contributed by atoms with E-state index in [4.69, 9.17) is 4.74 Å². The summed E-state index contributed by atoms with van der Waals surface area (Å²) >= 11 is 0. The molecule has 1 heteroatoms. The summed E-state index contributed by atoms with van der Waals surface area (Å²) in [6.45, 7) is 6.51. The number of allylic oxidation sites excluding steroid dienone is 1. The van der Waals surface area contributed by atoms with Crippen molar-refractivity contribution in [3.05, 3.63) is 77.9 Å². The molecule has 0 aliphatic rings. The van der Waals surface area contributed by atoms with Gasteiger partial charge in [0.05, 0.1) is 0 Å². The third-order valence-electron chi connectivity index (χ3n) is 3.18. The Hall–Kier alpha value is -2.02. The molecule has 2 rings (SSSR count). The van der Waals surface area contributed by atoms with Crippen LogP contribution < -0.4 is 4.74 Å². The molecule has 98 valence electrons. The lowest BCUT2D eigenvalue weighted by molar-refractivity contribution is 0.306. The first-order valence-electron chi connectivity index (χ1n) is 6.67. The van der Waals surface area contributed by atoms with Gasteiger partial charge in [0.25, 0.3) is 0 Å². The van der Waals surface area contributed by atoms with E-state index in [2.05, 4.69) is 37.8 Å². The van der Waals surface area contributed by atoms with Crippen LogP contribution >= 0.6 is 0 Å². The number of benzene rings is 2. The first kappa shape index (κ1) is 13.4. The Kier molecular flexibility index (Phi) is 4.79. The second-order valence-corrected chi connectivity index (χ2v) is 4.69. The van der Waals surface area contributed by atoms with Crippen molar-refractivity contribution < 1.29 is 4.74 Å². The number of aryl methyl sites for hydroxylation is 2. The highest BCUT2D eigenvalue weighted by molar-refractivity contribution is 5.35. The zero-order valence-corrected chi connectivity index (χ0v) is 11.4. The molecule has 2 aromatic carbocycles. The van der Waals surface area contributed by atoms with Crippen molar-refractivity contribution in [2.24, 2.45) is 0 Å². The Labute approximate surface area is 115 Å². The number of ether oxygens (including phenoxy) is 1. The topological polar surface area (TPSA) is 9.23 Å². The van der Waals surface area contributed by atoms with Gasteiger partial charge in [-0.2, -0.15) is 0 Å². The first-order valence-corrected chi connectivity index (χ1v) is 6.67. The standard InChI is InChI=1S/C18H20O/c1-3-4-10-17-11-12-18(13-15(17)2)19-14-16-8-6-5-7-9-16/h3,5-9,11-13H,1,4,10,14H2,2H3. The third kappa shape index (κ3) is 3.99. The lowest BCUT2D eigenvalue weighted by Crippen LogP contribution is -1.96. The van der Waals surface area contributed by atoms with Crippen molar-refractivity contribution >= 4 is 0 Å². The largest absolute Gasteiger partial charge is 0.489 e. The van der Waals surface area contributed by atoms with Crippen molar-refractivity contribution in [3.8, 4) is 5.75 Å². The molecule has 0 radical (unpaired) electrons. The Bertz CT molecular complexity index is 529. The molecule has 2 aromatic rings. The average molecular weight is 252 g/mol. The van der Waals surface area contributed by atoms with Crippen molar-refractivity contribution in [1.82, 2.24) is 0 Å².